The van der Waals surface area contributed by atoms with Crippen LogP contribution in [0.4, 0.5) is 5.82 Å². The van der Waals surface area contributed by atoms with Gasteiger partial charge in [-0.25, -0.2) is 9.97 Å². The van der Waals surface area contributed by atoms with Gasteiger partial charge in [-0.15, -0.1) is 0 Å². The topological polar surface area (TPSA) is 77.8 Å². The Morgan fingerprint density at radius 1 is 1.40 bits per heavy atom. The maximum atomic E-state index is 5.65. The maximum Gasteiger partial charge on any atom is 0.156 e. The van der Waals surface area contributed by atoms with E-state index in [-0.39, 0.29) is 0 Å². The van der Waals surface area contributed by atoms with Gasteiger partial charge in [0.05, 0.1) is 11.4 Å². The van der Waals surface area contributed by atoms with Gasteiger partial charge in [0.2, 0.25) is 0 Å². The van der Waals surface area contributed by atoms with Gasteiger partial charge >= 0.3 is 0 Å². The molecule has 78 valence electrons. The molecule has 0 aliphatic carbocycles. The number of thioether (sulfide) groups is 1. The number of aryl methyl sites for hydroxylation is 1. The minimum absolute atomic E-state index is 0.443. The molecule has 0 spiro atoms. The minimum Gasteiger partial charge on any atom is -0.381 e. The lowest BCUT2D eigenvalue weighted by Crippen LogP contribution is -1.94. The van der Waals surface area contributed by atoms with Gasteiger partial charge in [0.1, 0.15) is 10.8 Å². The van der Waals surface area contributed by atoms with Gasteiger partial charge in [0.15, 0.2) is 5.82 Å². The molecule has 6 heteroatoms. The first kappa shape index (κ1) is 9.97. The molecule has 0 unspecified atom stereocenters. The molecule has 2 rings (SSSR count). The average Bonchev–Trinajstić information content (AvgIpc) is 2.63. The van der Waals surface area contributed by atoms with Crippen molar-refractivity contribution in [2.45, 2.75) is 17.7 Å². The van der Waals surface area contributed by atoms with Crippen molar-refractivity contribution in [3.63, 3.8) is 0 Å². The minimum atomic E-state index is 0.443. The van der Waals surface area contributed by atoms with Crippen LogP contribution in [-0.2, 0) is 5.75 Å². The molecule has 2 heterocycles. The van der Waals surface area contributed by atoms with Gasteiger partial charge < -0.3 is 10.3 Å². The predicted octanol–water partition coefficient (Wildman–Crippen LogP) is 1.65. The standard InChI is InChI=1S/C9H10N4OS/c1-6-4-7(14-13-6)5-15-9-8(10)11-2-3-12-9/h2-4H,5H2,1H3,(H2,10,11). The maximum absolute atomic E-state index is 5.65. The Morgan fingerprint density at radius 3 is 2.87 bits per heavy atom. The van der Waals surface area contributed by atoms with Crippen LogP contribution in [-0.4, -0.2) is 15.1 Å². The SMILES string of the molecule is Cc1cc(CSc2nccnc2N)on1. The summed E-state index contributed by atoms with van der Waals surface area (Å²) in [4.78, 5) is 8.06. The highest BCUT2D eigenvalue weighted by atomic mass is 32.2. The fourth-order valence-corrected chi connectivity index (χ4v) is 1.82. The lowest BCUT2D eigenvalue weighted by molar-refractivity contribution is 0.391. The molecule has 0 amide bonds. The van der Waals surface area contributed by atoms with E-state index in [2.05, 4.69) is 15.1 Å². The number of rotatable bonds is 3. The molecule has 2 aromatic rings. The van der Waals surface area contributed by atoms with Crippen LogP contribution in [0.25, 0.3) is 0 Å². The average molecular weight is 222 g/mol. The van der Waals surface area contributed by atoms with E-state index >= 15 is 0 Å². The molecular formula is C9H10N4OS. The van der Waals surface area contributed by atoms with Crippen molar-refractivity contribution in [3.05, 3.63) is 29.9 Å². The highest BCUT2D eigenvalue weighted by molar-refractivity contribution is 7.98. The van der Waals surface area contributed by atoms with Gasteiger partial charge in [-0.3, -0.25) is 0 Å². The third-order valence-corrected chi connectivity index (χ3v) is 2.74. The second kappa shape index (κ2) is 4.31. The first-order valence-corrected chi connectivity index (χ1v) is 5.36. The Kier molecular flexibility index (Phi) is 2.86. The number of nitrogens with two attached hydrogens (primary N) is 1. The predicted molar refractivity (Wildman–Crippen MR) is 57.2 cm³/mol. The Labute approximate surface area is 91.1 Å². The number of nitrogens with zero attached hydrogens (tertiary/aromatic N) is 3. The highest BCUT2D eigenvalue weighted by Gasteiger charge is 2.05. The molecule has 0 fully saturated rings. The van der Waals surface area contributed by atoms with E-state index in [1.54, 1.807) is 12.4 Å². The van der Waals surface area contributed by atoms with Crippen LogP contribution in [0.5, 0.6) is 0 Å². The first-order valence-electron chi connectivity index (χ1n) is 4.37. The van der Waals surface area contributed by atoms with Gasteiger partial charge in [-0.05, 0) is 6.92 Å². The van der Waals surface area contributed by atoms with Crippen LogP contribution in [0.1, 0.15) is 11.5 Å². The van der Waals surface area contributed by atoms with Crippen LogP contribution in [0.15, 0.2) is 28.0 Å². The summed E-state index contributed by atoms with van der Waals surface area (Å²) < 4.78 is 5.07. The van der Waals surface area contributed by atoms with E-state index in [0.717, 1.165) is 11.5 Å². The molecule has 15 heavy (non-hydrogen) atoms. The van der Waals surface area contributed by atoms with Gasteiger partial charge in [-0.1, -0.05) is 16.9 Å². The molecule has 2 N–H and O–H groups in total. The Bertz CT molecular complexity index is 457. The second-order valence-corrected chi connectivity index (χ2v) is 3.93. The molecule has 2 aromatic heterocycles. The van der Waals surface area contributed by atoms with E-state index in [0.29, 0.717) is 16.6 Å². The van der Waals surface area contributed by atoms with E-state index < -0.39 is 0 Å². The Hall–Kier alpha value is -1.56. The number of hydrogen-bond donors (Lipinski definition) is 1. The van der Waals surface area contributed by atoms with Crippen molar-refractivity contribution < 1.29 is 4.52 Å². The van der Waals surface area contributed by atoms with Gasteiger partial charge in [0, 0.05) is 18.5 Å². The second-order valence-electron chi connectivity index (χ2n) is 2.97. The molecular weight excluding hydrogens is 212 g/mol. The monoisotopic (exact) mass is 222 g/mol. The Balaban J connectivity index is 2.02. The molecule has 0 saturated heterocycles. The summed E-state index contributed by atoms with van der Waals surface area (Å²) in [5.74, 6) is 1.91. The summed E-state index contributed by atoms with van der Waals surface area (Å²) in [5, 5.41) is 4.51. The van der Waals surface area contributed by atoms with Gasteiger partial charge in [0.25, 0.3) is 0 Å². The van der Waals surface area contributed by atoms with E-state index in [1.807, 2.05) is 13.0 Å². The van der Waals surface area contributed by atoms with Crippen LogP contribution in [0.3, 0.4) is 0 Å². The summed E-state index contributed by atoms with van der Waals surface area (Å²) >= 11 is 1.48. The third-order valence-electron chi connectivity index (χ3n) is 1.72. The molecule has 0 aliphatic rings. The zero-order valence-corrected chi connectivity index (χ0v) is 8.99. The number of hydrogen-bond acceptors (Lipinski definition) is 6. The lowest BCUT2D eigenvalue weighted by atomic mass is 10.4. The molecule has 5 nitrogen and oxygen atoms in total. The largest absolute Gasteiger partial charge is 0.381 e. The molecule has 0 saturated carbocycles. The molecule has 0 bridgehead atoms. The van der Waals surface area contributed by atoms with E-state index in [4.69, 9.17) is 10.3 Å². The van der Waals surface area contributed by atoms with Crippen molar-refractivity contribution >= 4 is 17.6 Å². The van der Waals surface area contributed by atoms with E-state index in [9.17, 15) is 0 Å². The van der Waals surface area contributed by atoms with Crippen molar-refractivity contribution in [1.29, 1.82) is 0 Å². The summed E-state index contributed by atoms with van der Waals surface area (Å²) in [7, 11) is 0. The van der Waals surface area contributed by atoms with Crippen molar-refractivity contribution in [2.75, 3.05) is 5.73 Å². The van der Waals surface area contributed by atoms with Crippen molar-refractivity contribution in [3.8, 4) is 0 Å². The molecule has 0 aliphatic heterocycles. The quantitative estimate of drug-likeness (QED) is 0.795. The van der Waals surface area contributed by atoms with Crippen LogP contribution in [0, 0.1) is 6.92 Å². The fourth-order valence-electron chi connectivity index (χ4n) is 1.07. The smallest absolute Gasteiger partial charge is 0.156 e. The zero-order chi connectivity index (χ0) is 10.7. The number of nitrogen functional groups attached to an aromatic ring is 1. The van der Waals surface area contributed by atoms with Crippen molar-refractivity contribution in [1.82, 2.24) is 15.1 Å². The molecule has 0 aromatic carbocycles. The summed E-state index contributed by atoms with van der Waals surface area (Å²) in [6, 6.07) is 1.89. The fraction of sp³-hybridized carbons (Fsp3) is 0.222. The van der Waals surface area contributed by atoms with Crippen molar-refractivity contribution in [2.24, 2.45) is 0 Å². The zero-order valence-electron chi connectivity index (χ0n) is 8.17. The third kappa shape index (κ3) is 2.47. The van der Waals surface area contributed by atoms with Crippen LogP contribution in [0.2, 0.25) is 0 Å². The Morgan fingerprint density at radius 2 is 2.20 bits per heavy atom. The number of aromatic nitrogens is 3. The number of anilines is 1. The summed E-state index contributed by atoms with van der Waals surface area (Å²) in [5.41, 5.74) is 6.52. The lowest BCUT2D eigenvalue weighted by Gasteiger charge is -1.99. The van der Waals surface area contributed by atoms with Gasteiger partial charge in [-0.2, -0.15) is 0 Å². The van der Waals surface area contributed by atoms with Crippen LogP contribution < -0.4 is 5.73 Å². The molecule has 0 radical (unpaired) electrons. The van der Waals surface area contributed by atoms with E-state index in [1.165, 1.54) is 11.8 Å². The molecule has 0 atom stereocenters. The van der Waals surface area contributed by atoms with Crippen LogP contribution >= 0.6 is 11.8 Å². The highest BCUT2D eigenvalue weighted by Crippen LogP contribution is 2.24. The summed E-state index contributed by atoms with van der Waals surface area (Å²) in [6.45, 7) is 1.88. The first-order chi connectivity index (χ1) is 7.25. The normalized spacial score (nSPS) is 10.5. The summed E-state index contributed by atoms with van der Waals surface area (Å²) in [6.07, 6.45) is 3.18.